The van der Waals surface area contributed by atoms with Crippen molar-refractivity contribution in [1.29, 1.82) is 0 Å². The summed E-state index contributed by atoms with van der Waals surface area (Å²) in [6.07, 6.45) is 1.55. The van der Waals surface area contributed by atoms with Crippen LogP contribution in [0.2, 0.25) is 0 Å². The van der Waals surface area contributed by atoms with E-state index in [2.05, 4.69) is 19.0 Å². The lowest BCUT2D eigenvalue weighted by atomic mass is 10.0. The van der Waals surface area contributed by atoms with E-state index < -0.39 is 0 Å². The Kier molecular flexibility index (Phi) is 6.53. The Labute approximate surface area is 97.3 Å². The molecule has 0 aromatic carbocycles. The van der Waals surface area contributed by atoms with Gasteiger partial charge in [-0.2, -0.15) is 0 Å². The molecular formula is C11H23N3O2. The number of rotatable bonds is 6. The zero-order valence-corrected chi connectivity index (χ0v) is 10.6. The summed E-state index contributed by atoms with van der Waals surface area (Å²) < 4.78 is 0. The van der Waals surface area contributed by atoms with E-state index in [9.17, 15) is 4.79 Å². The molecule has 0 radical (unpaired) electrons. The van der Waals surface area contributed by atoms with Crippen LogP contribution in [0.4, 0.5) is 0 Å². The van der Waals surface area contributed by atoms with Crippen molar-refractivity contribution in [2.75, 3.05) is 13.6 Å². The molecule has 0 saturated carbocycles. The summed E-state index contributed by atoms with van der Waals surface area (Å²) in [6, 6.07) is 0. The van der Waals surface area contributed by atoms with Crippen molar-refractivity contribution in [3.8, 4) is 0 Å². The second-order valence-electron chi connectivity index (χ2n) is 4.42. The first kappa shape index (κ1) is 14.7. The fourth-order valence-corrected chi connectivity index (χ4v) is 1.30. The van der Waals surface area contributed by atoms with Gasteiger partial charge in [0.25, 0.3) is 0 Å². The highest BCUT2D eigenvalue weighted by molar-refractivity contribution is 5.83. The molecule has 0 aromatic rings. The van der Waals surface area contributed by atoms with Gasteiger partial charge in [0.2, 0.25) is 5.91 Å². The van der Waals surface area contributed by atoms with Gasteiger partial charge < -0.3 is 15.8 Å². The van der Waals surface area contributed by atoms with Crippen LogP contribution in [0, 0.1) is 11.8 Å². The van der Waals surface area contributed by atoms with Crippen LogP contribution in [0.15, 0.2) is 5.16 Å². The highest BCUT2D eigenvalue weighted by Crippen LogP contribution is 2.09. The maximum absolute atomic E-state index is 11.7. The molecule has 5 heteroatoms. The van der Waals surface area contributed by atoms with E-state index in [1.54, 1.807) is 11.9 Å². The van der Waals surface area contributed by atoms with E-state index in [0.717, 1.165) is 6.42 Å². The number of nitrogens with zero attached hydrogens (tertiary/aromatic N) is 2. The minimum Gasteiger partial charge on any atom is -0.409 e. The van der Waals surface area contributed by atoms with Crippen molar-refractivity contribution in [1.82, 2.24) is 4.90 Å². The summed E-state index contributed by atoms with van der Waals surface area (Å²) in [5.74, 6) is 0.528. The third kappa shape index (κ3) is 5.00. The Morgan fingerprint density at radius 3 is 2.50 bits per heavy atom. The Bertz CT molecular complexity index is 254. The largest absolute Gasteiger partial charge is 0.409 e. The minimum atomic E-state index is -0.129. The smallest absolute Gasteiger partial charge is 0.222 e. The quantitative estimate of drug-likeness (QED) is 0.311. The second-order valence-corrected chi connectivity index (χ2v) is 4.42. The number of amidine groups is 1. The van der Waals surface area contributed by atoms with Crippen LogP contribution < -0.4 is 5.73 Å². The van der Waals surface area contributed by atoms with Gasteiger partial charge in [-0.05, 0) is 5.92 Å². The van der Waals surface area contributed by atoms with Crippen molar-refractivity contribution < 1.29 is 10.0 Å². The zero-order valence-electron chi connectivity index (χ0n) is 10.6. The molecule has 0 rings (SSSR count). The third-order valence-electron chi connectivity index (χ3n) is 2.81. The first-order valence-corrected chi connectivity index (χ1v) is 5.63. The van der Waals surface area contributed by atoms with Gasteiger partial charge in [0.1, 0.15) is 5.84 Å². The van der Waals surface area contributed by atoms with E-state index in [-0.39, 0.29) is 17.7 Å². The number of carbonyl (C=O) groups excluding carboxylic acids is 1. The summed E-state index contributed by atoms with van der Waals surface area (Å²) in [5.41, 5.74) is 5.45. The zero-order chi connectivity index (χ0) is 12.7. The molecule has 5 nitrogen and oxygen atoms in total. The fourth-order valence-electron chi connectivity index (χ4n) is 1.30. The predicted molar refractivity (Wildman–Crippen MR) is 64.3 cm³/mol. The molecule has 0 aliphatic heterocycles. The molecule has 0 saturated heterocycles. The number of nitrogens with two attached hydrogens (primary N) is 1. The number of carbonyl (C=O) groups is 1. The van der Waals surface area contributed by atoms with Crippen molar-refractivity contribution in [2.45, 2.75) is 33.6 Å². The van der Waals surface area contributed by atoms with Crippen LogP contribution >= 0.6 is 0 Å². The first-order valence-electron chi connectivity index (χ1n) is 5.63. The van der Waals surface area contributed by atoms with E-state index in [1.165, 1.54) is 0 Å². The maximum Gasteiger partial charge on any atom is 0.222 e. The molecule has 16 heavy (non-hydrogen) atoms. The van der Waals surface area contributed by atoms with E-state index in [1.807, 2.05) is 6.92 Å². The van der Waals surface area contributed by atoms with Crippen LogP contribution in [0.25, 0.3) is 0 Å². The molecule has 0 bridgehead atoms. The van der Waals surface area contributed by atoms with Crippen molar-refractivity contribution in [3.05, 3.63) is 0 Å². The minimum absolute atomic E-state index is 0.104. The summed E-state index contributed by atoms with van der Waals surface area (Å²) in [5, 5.41) is 11.4. The molecule has 3 N–H and O–H groups in total. The number of hydrogen-bond acceptors (Lipinski definition) is 3. The van der Waals surface area contributed by atoms with E-state index in [4.69, 9.17) is 10.9 Å². The molecule has 0 spiro atoms. The third-order valence-corrected chi connectivity index (χ3v) is 2.81. The molecule has 2 atom stereocenters. The molecule has 94 valence electrons. The standard InChI is InChI=1S/C11H23N3O2/c1-5-8(2)6-10(15)14(4)7-9(3)11(12)13-16/h8-9,16H,5-7H2,1-4H3,(H2,12,13). The Balaban J connectivity index is 4.15. The van der Waals surface area contributed by atoms with Gasteiger partial charge in [-0.25, -0.2) is 0 Å². The molecule has 1 amide bonds. The molecule has 2 unspecified atom stereocenters. The van der Waals surface area contributed by atoms with Crippen molar-refractivity contribution in [3.63, 3.8) is 0 Å². The summed E-state index contributed by atoms with van der Waals surface area (Å²) in [6.45, 7) is 6.42. The Morgan fingerprint density at radius 2 is 2.06 bits per heavy atom. The lowest BCUT2D eigenvalue weighted by Crippen LogP contribution is -2.36. The van der Waals surface area contributed by atoms with E-state index in [0.29, 0.717) is 18.9 Å². The van der Waals surface area contributed by atoms with Crippen LogP contribution in [0.3, 0.4) is 0 Å². The highest BCUT2D eigenvalue weighted by Gasteiger charge is 2.16. The van der Waals surface area contributed by atoms with Gasteiger partial charge in [0.15, 0.2) is 0 Å². The summed E-state index contributed by atoms with van der Waals surface area (Å²) in [4.78, 5) is 13.4. The van der Waals surface area contributed by atoms with Crippen LogP contribution in [-0.4, -0.2) is 35.4 Å². The number of oxime groups is 1. The summed E-state index contributed by atoms with van der Waals surface area (Å²) >= 11 is 0. The molecule has 0 aromatic heterocycles. The Hall–Kier alpha value is -1.26. The van der Waals surface area contributed by atoms with Gasteiger partial charge in [-0.3, -0.25) is 4.79 Å². The van der Waals surface area contributed by atoms with Gasteiger partial charge in [0.05, 0.1) is 0 Å². The topological polar surface area (TPSA) is 78.9 Å². The lowest BCUT2D eigenvalue weighted by Gasteiger charge is -2.22. The normalized spacial score (nSPS) is 15.6. The van der Waals surface area contributed by atoms with Crippen molar-refractivity contribution in [2.24, 2.45) is 22.7 Å². The predicted octanol–water partition coefficient (Wildman–Crippen LogP) is 1.26. The van der Waals surface area contributed by atoms with Crippen LogP contribution in [0.1, 0.15) is 33.6 Å². The lowest BCUT2D eigenvalue weighted by molar-refractivity contribution is -0.131. The highest BCUT2D eigenvalue weighted by atomic mass is 16.4. The molecule has 0 heterocycles. The molecule has 0 aliphatic carbocycles. The second kappa shape index (κ2) is 7.09. The maximum atomic E-state index is 11.7. The average Bonchev–Trinajstić information content (AvgIpc) is 2.27. The van der Waals surface area contributed by atoms with Crippen LogP contribution in [-0.2, 0) is 4.79 Å². The van der Waals surface area contributed by atoms with Gasteiger partial charge >= 0.3 is 0 Å². The molecule has 0 fully saturated rings. The summed E-state index contributed by atoms with van der Waals surface area (Å²) in [7, 11) is 1.74. The Morgan fingerprint density at radius 1 is 1.50 bits per heavy atom. The van der Waals surface area contributed by atoms with Gasteiger partial charge in [-0.1, -0.05) is 32.3 Å². The fraction of sp³-hybridized carbons (Fsp3) is 0.818. The van der Waals surface area contributed by atoms with Crippen molar-refractivity contribution >= 4 is 11.7 Å². The van der Waals surface area contributed by atoms with Gasteiger partial charge in [0, 0.05) is 25.9 Å². The number of amides is 1. The number of hydrogen-bond donors (Lipinski definition) is 2. The van der Waals surface area contributed by atoms with Gasteiger partial charge in [-0.15, -0.1) is 0 Å². The monoisotopic (exact) mass is 229 g/mol. The van der Waals surface area contributed by atoms with Crippen LogP contribution in [0.5, 0.6) is 0 Å². The average molecular weight is 229 g/mol. The molecular weight excluding hydrogens is 206 g/mol. The van der Waals surface area contributed by atoms with E-state index >= 15 is 0 Å². The first-order chi connectivity index (χ1) is 7.42. The SMILES string of the molecule is CCC(C)CC(=O)N(C)CC(C)C(N)=NO. The molecule has 0 aliphatic rings.